The minimum Gasteiger partial charge on any atom is -0.399 e. The zero-order valence-corrected chi connectivity index (χ0v) is 26.3. The minimum atomic E-state index is -4.03. The van der Waals surface area contributed by atoms with Gasteiger partial charge in [0.1, 0.15) is 12.1 Å². The molecular weight excluding hydrogens is 578 g/mol. The van der Waals surface area contributed by atoms with E-state index in [1.54, 1.807) is 0 Å². The number of nitrogens with two attached hydrogens (primary N) is 2. The van der Waals surface area contributed by atoms with Crippen LogP contribution in [0.3, 0.4) is 0 Å². The van der Waals surface area contributed by atoms with E-state index in [1.165, 1.54) is 35.5 Å². The highest BCUT2D eigenvalue weighted by Gasteiger charge is 2.35. The van der Waals surface area contributed by atoms with E-state index >= 15 is 0 Å². The van der Waals surface area contributed by atoms with Gasteiger partial charge in [-0.05, 0) is 60.6 Å². The van der Waals surface area contributed by atoms with Crippen LogP contribution >= 0.6 is 0 Å². The van der Waals surface area contributed by atoms with Gasteiger partial charge >= 0.3 is 0 Å². The molecule has 0 aliphatic carbocycles. The van der Waals surface area contributed by atoms with E-state index in [0.717, 1.165) is 11.1 Å². The molecule has 2 atom stereocenters. The maximum Gasteiger partial charge on any atom is 0.243 e. The molecule has 0 bridgehead atoms. The van der Waals surface area contributed by atoms with Crippen molar-refractivity contribution in [3.8, 4) is 0 Å². The van der Waals surface area contributed by atoms with Crippen LogP contribution in [-0.4, -0.2) is 55.6 Å². The normalized spacial score (nSPS) is 13.0. The van der Waals surface area contributed by atoms with Crippen molar-refractivity contribution in [2.24, 2.45) is 11.7 Å². The van der Waals surface area contributed by atoms with Crippen LogP contribution in [0.15, 0.2) is 89.8 Å². The molecule has 0 saturated heterocycles. The summed E-state index contributed by atoms with van der Waals surface area (Å²) in [7, 11) is -4.03. The summed E-state index contributed by atoms with van der Waals surface area (Å²) in [4.78, 5) is 38.3. The number of nitrogens with one attached hydrogen (secondary N) is 2. The quantitative estimate of drug-likeness (QED) is 0.141. The van der Waals surface area contributed by atoms with Crippen molar-refractivity contribution in [3.05, 3.63) is 96.1 Å². The van der Waals surface area contributed by atoms with Gasteiger partial charge in [0.25, 0.3) is 0 Å². The zero-order valence-electron chi connectivity index (χ0n) is 25.5. The molecule has 44 heavy (non-hydrogen) atoms. The molecule has 3 rings (SSSR count). The summed E-state index contributed by atoms with van der Waals surface area (Å²) in [6.45, 7) is 5.46. The first kappa shape index (κ1) is 34.3. The summed E-state index contributed by atoms with van der Waals surface area (Å²) < 4.78 is 28.3. The van der Waals surface area contributed by atoms with Crippen molar-refractivity contribution in [2.75, 3.05) is 18.8 Å². The Morgan fingerprint density at radius 2 is 1.39 bits per heavy atom. The number of unbranched alkanes of at least 4 members (excludes halogenated alkanes) is 1. The first-order valence-corrected chi connectivity index (χ1v) is 16.2. The summed E-state index contributed by atoms with van der Waals surface area (Å²) in [5.74, 6) is -1.92. The van der Waals surface area contributed by atoms with Gasteiger partial charge in [0.15, 0.2) is 0 Å². The minimum absolute atomic E-state index is 0.0289. The number of amides is 3. The largest absolute Gasteiger partial charge is 0.399 e. The average molecular weight is 622 g/mol. The lowest BCUT2D eigenvalue weighted by atomic mass is 9.84. The third-order valence-corrected chi connectivity index (χ3v) is 9.09. The van der Waals surface area contributed by atoms with E-state index < -0.39 is 33.9 Å². The predicted molar refractivity (Wildman–Crippen MR) is 172 cm³/mol. The first-order valence-electron chi connectivity index (χ1n) is 14.7. The third kappa shape index (κ3) is 9.39. The van der Waals surface area contributed by atoms with Gasteiger partial charge in [-0.25, -0.2) is 8.42 Å². The number of sulfonamides is 1. The lowest BCUT2D eigenvalue weighted by Crippen LogP contribution is -2.50. The fourth-order valence-corrected chi connectivity index (χ4v) is 6.95. The van der Waals surface area contributed by atoms with Gasteiger partial charge in [-0.3, -0.25) is 14.4 Å². The topological polar surface area (TPSA) is 165 Å². The number of nitrogen functional groups attached to an aromatic ring is 1. The molecule has 236 valence electrons. The number of benzene rings is 3. The summed E-state index contributed by atoms with van der Waals surface area (Å²) in [5, 5.41) is 5.75. The Balaban J connectivity index is 1.72. The van der Waals surface area contributed by atoms with Gasteiger partial charge in [-0.1, -0.05) is 74.5 Å². The third-order valence-electron chi connectivity index (χ3n) is 7.20. The molecule has 6 N–H and O–H groups in total. The Bertz CT molecular complexity index is 1440. The summed E-state index contributed by atoms with van der Waals surface area (Å²) >= 11 is 0. The van der Waals surface area contributed by atoms with Crippen LogP contribution in [-0.2, 0) is 24.4 Å². The number of primary amides is 1. The molecule has 0 aliphatic rings. The number of nitrogens with zero attached hydrogens (tertiary/aromatic N) is 1. The molecule has 3 aromatic carbocycles. The second-order valence-corrected chi connectivity index (χ2v) is 13.1. The van der Waals surface area contributed by atoms with Crippen LogP contribution in [0.2, 0.25) is 0 Å². The molecule has 0 saturated carbocycles. The lowest BCUT2D eigenvalue weighted by Gasteiger charge is -2.30. The van der Waals surface area contributed by atoms with Crippen molar-refractivity contribution in [1.29, 1.82) is 0 Å². The Morgan fingerprint density at radius 3 is 1.86 bits per heavy atom. The van der Waals surface area contributed by atoms with Gasteiger partial charge in [-0.2, -0.15) is 4.31 Å². The molecule has 0 aromatic heterocycles. The highest BCUT2D eigenvalue weighted by molar-refractivity contribution is 7.89. The zero-order chi connectivity index (χ0) is 32.3. The molecular formula is C33H43N5O5S. The van der Waals surface area contributed by atoms with Gasteiger partial charge in [0, 0.05) is 31.6 Å². The van der Waals surface area contributed by atoms with Crippen molar-refractivity contribution >= 4 is 33.4 Å². The fraction of sp³-hybridized carbons (Fsp3) is 0.364. The fourth-order valence-electron chi connectivity index (χ4n) is 5.16. The number of hydrogen-bond donors (Lipinski definition) is 4. The Morgan fingerprint density at radius 1 is 0.841 bits per heavy atom. The number of carbonyl (C=O) groups excluding carboxylic acids is 3. The van der Waals surface area contributed by atoms with Gasteiger partial charge in [-0.15, -0.1) is 0 Å². The van der Waals surface area contributed by atoms with E-state index in [9.17, 15) is 22.8 Å². The summed E-state index contributed by atoms with van der Waals surface area (Å²) in [6.07, 6.45) is 1.06. The van der Waals surface area contributed by atoms with Crippen molar-refractivity contribution in [3.63, 3.8) is 0 Å². The van der Waals surface area contributed by atoms with Crippen molar-refractivity contribution < 1.29 is 22.8 Å². The molecule has 0 spiro atoms. The molecule has 11 heteroatoms. The number of hydrogen-bond acceptors (Lipinski definition) is 6. The monoisotopic (exact) mass is 621 g/mol. The molecule has 1 unspecified atom stereocenters. The van der Waals surface area contributed by atoms with Gasteiger partial charge in [0.2, 0.25) is 27.7 Å². The first-order chi connectivity index (χ1) is 20.9. The van der Waals surface area contributed by atoms with Gasteiger partial charge < -0.3 is 22.1 Å². The van der Waals surface area contributed by atoms with Crippen LogP contribution in [0.25, 0.3) is 0 Å². The van der Waals surface area contributed by atoms with E-state index in [4.69, 9.17) is 11.5 Å². The van der Waals surface area contributed by atoms with Crippen LogP contribution in [0, 0.1) is 5.92 Å². The standard InChI is InChI=1S/C33H43N5O5S/c1-23(2)22-38(44(42,43)28-19-17-27(34)18-20-28)29(32(35)40)16-10-11-21-36-33(41)31(37-24(3)39)30(25-12-6-4-7-13-25)26-14-8-5-9-15-26/h4-9,12-15,17-20,23,29-31H,10-11,16,21-22,34H2,1-3H3,(H2,35,40)(H,36,41)(H,37,39)/t29?,31-/m0/s1. The van der Waals surface area contributed by atoms with E-state index in [1.807, 2.05) is 74.5 Å². The van der Waals surface area contributed by atoms with Crippen molar-refractivity contribution in [1.82, 2.24) is 14.9 Å². The molecule has 0 aliphatic heterocycles. The predicted octanol–water partition coefficient (Wildman–Crippen LogP) is 3.39. The van der Waals surface area contributed by atoms with Crippen LogP contribution < -0.4 is 22.1 Å². The maximum atomic E-state index is 13.5. The average Bonchev–Trinajstić information content (AvgIpc) is 2.98. The van der Waals surface area contributed by atoms with Crippen LogP contribution in [0.1, 0.15) is 57.1 Å². The molecule has 0 fully saturated rings. The lowest BCUT2D eigenvalue weighted by molar-refractivity contribution is -0.128. The van der Waals surface area contributed by atoms with E-state index in [2.05, 4.69) is 10.6 Å². The summed E-state index contributed by atoms with van der Waals surface area (Å²) in [6, 6.07) is 22.9. The van der Waals surface area contributed by atoms with Crippen LogP contribution in [0.5, 0.6) is 0 Å². The Kier molecular flexibility index (Phi) is 12.5. The molecule has 3 amide bonds. The number of carbonyl (C=O) groups is 3. The highest BCUT2D eigenvalue weighted by atomic mass is 32.2. The van der Waals surface area contributed by atoms with E-state index in [0.29, 0.717) is 18.5 Å². The number of rotatable bonds is 16. The van der Waals surface area contributed by atoms with Gasteiger partial charge in [0.05, 0.1) is 4.90 Å². The smallest absolute Gasteiger partial charge is 0.243 e. The maximum absolute atomic E-state index is 13.5. The molecule has 10 nitrogen and oxygen atoms in total. The summed E-state index contributed by atoms with van der Waals surface area (Å²) in [5.41, 5.74) is 13.6. The molecule has 0 heterocycles. The van der Waals surface area contributed by atoms with Crippen molar-refractivity contribution in [2.45, 2.75) is 62.9 Å². The number of anilines is 1. The molecule has 3 aromatic rings. The van der Waals surface area contributed by atoms with E-state index in [-0.39, 0.29) is 42.1 Å². The van der Waals surface area contributed by atoms with Crippen LogP contribution in [0.4, 0.5) is 5.69 Å². The second kappa shape index (κ2) is 16.0. The second-order valence-electron chi connectivity index (χ2n) is 11.2. The highest BCUT2D eigenvalue weighted by Crippen LogP contribution is 2.29. The Hall–Kier alpha value is -4.22. The Labute approximate surface area is 260 Å². The molecule has 0 radical (unpaired) electrons. The SMILES string of the molecule is CC(=O)N[C@H](C(=O)NCCCCC(C(N)=O)N(CC(C)C)S(=O)(=O)c1ccc(N)cc1)C(c1ccccc1)c1ccccc1.